The van der Waals surface area contributed by atoms with E-state index in [-0.39, 0.29) is 5.41 Å². The van der Waals surface area contributed by atoms with E-state index in [0.717, 1.165) is 24.6 Å². The summed E-state index contributed by atoms with van der Waals surface area (Å²) >= 11 is 1.84. The molecule has 0 bridgehead atoms. The second-order valence-electron chi connectivity index (χ2n) is 6.55. The lowest BCUT2D eigenvalue weighted by Gasteiger charge is -2.35. The van der Waals surface area contributed by atoms with Crippen LogP contribution < -0.4 is 10.2 Å². The van der Waals surface area contributed by atoms with Crippen molar-refractivity contribution in [3.63, 3.8) is 0 Å². The zero-order valence-corrected chi connectivity index (χ0v) is 15.0. The second-order valence-corrected chi connectivity index (χ2v) is 7.61. The van der Waals surface area contributed by atoms with E-state index in [1.54, 1.807) is 0 Å². The molecular formula is C16H31N3S. The third kappa shape index (κ3) is 4.45. The zero-order valence-electron chi connectivity index (χ0n) is 14.2. The largest absolute Gasteiger partial charge is 0.348 e. The molecule has 116 valence electrons. The molecule has 1 aromatic heterocycles. The molecule has 4 heteroatoms. The number of nitrogens with one attached hydrogen (secondary N) is 1. The van der Waals surface area contributed by atoms with Gasteiger partial charge in [-0.25, -0.2) is 4.98 Å². The van der Waals surface area contributed by atoms with Crippen LogP contribution in [0.4, 0.5) is 5.13 Å². The summed E-state index contributed by atoms with van der Waals surface area (Å²) in [5.74, 6) is 0. The van der Waals surface area contributed by atoms with Crippen LogP contribution in [0.25, 0.3) is 0 Å². The Morgan fingerprint density at radius 3 is 2.45 bits per heavy atom. The highest BCUT2D eigenvalue weighted by atomic mass is 32.1. The van der Waals surface area contributed by atoms with Crippen LogP contribution in [-0.2, 0) is 13.0 Å². The summed E-state index contributed by atoms with van der Waals surface area (Å²) in [6.07, 6.45) is 2.19. The number of hydrogen-bond donors (Lipinski definition) is 1. The predicted molar refractivity (Wildman–Crippen MR) is 90.8 cm³/mol. The Labute approximate surface area is 128 Å². The average molecular weight is 298 g/mol. The topological polar surface area (TPSA) is 28.2 Å². The van der Waals surface area contributed by atoms with Gasteiger partial charge in [-0.3, -0.25) is 0 Å². The van der Waals surface area contributed by atoms with Crippen LogP contribution in [0, 0.1) is 5.41 Å². The van der Waals surface area contributed by atoms with Gasteiger partial charge in [-0.15, -0.1) is 11.3 Å². The first kappa shape index (κ1) is 17.4. The van der Waals surface area contributed by atoms with Gasteiger partial charge in [-0.2, -0.15) is 0 Å². The van der Waals surface area contributed by atoms with Crippen LogP contribution in [0.15, 0.2) is 0 Å². The molecule has 0 radical (unpaired) electrons. The maximum Gasteiger partial charge on any atom is 0.185 e. The second kappa shape index (κ2) is 7.41. The summed E-state index contributed by atoms with van der Waals surface area (Å²) in [6.45, 7) is 15.5. The summed E-state index contributed by atoms with van der Waals surface area (Å²) < 4.78 is 0. The Morgan fingerprint density at radius 2 is 1.95 bits per heavy atom. The Kier molecular flexibility index (Phi) is 6.46. The number of hydrogen-bond acceptors (Lipinski definition) is 4. The molecule has 1 unspecified atom stereocenters. The van der Waals surface area contributed by atoms with Gasteiger partial charge < -0.3 is 10.2 Å². The van der Waals surface area contributed by atoms with Crippen LogP contribution in [0.5, 0.6) is 0 Å². The molecule has 1 atom stereocenters. The van der Waals surface area contributed by atoms with Gasteiger partial charge in [0.15, 0.2) is 5.13 Å². The van der Waals surface area contributed by atoms with E-state index >= 15 is 0 Å². The predicted octanol–water partition coefficient (Wildman–Crippen LogP) is 4.08. The van der Waals surface area contributed by atoms with Crippen LogP contribution in [0.3, 0.4) is 0 Å². The number of anilines is 1. The first-order chi connectivity index (χ1) is 9.31. The molecule has 0 amide bonds. The Hall–Kier alpha value is -0.610. The lowest BCUT2D eigenvalue weighted by atomic mass is 9.87. The highest BCUT2D eigenvalue weighted by Crippen LogP contribution is 2.32. The lowest BCUT2D eigenvalue weighted by Crippen LogP contribution is -2.39. The van der Waals surface area contributed by atoms with Gasteiger partial charge in [0.2, 0.25) is 0 Å². The molecule has 0 aliphatic carbocycles. The van der Waals surface area contributed by atoms with Gasteiger partial charge in [0, 0.05) is 24.5 Å². The third-order valence-electron chi connectivity index (χ3n) is 3.95. The summed E-state index contributed by atoms with van der Waals surface area (Å²) in [5.41, 5.74) is 1.51. The first-order valence-electron chi connectivity index (χ1n) is 7.73. The summed E-state index contributed by atoms with van der Waals surface area (Å²) in [7, 11) is 2.16. The van der Waals surface area contributed by atoms with Crippen molar-refractivity contribution in [2.45, 2.75) is 67.0 Å². The maximum atomic E-state index is 4.85. The molecule has 1 N–H and O–H groups in total. The van der Waals surface area contributed by atoms with Crippen molar-refractivity contribution < 1.29 is 0 Å². The van der Waals surface area contributed by atoms with Crippen molar-refractivity contribution in [2.75, 3.05) is 18.5 Å². The molecule has 0 aliphatic heterocycles. The van der Waals surface area contributed by atoms with Gasteiger partial charge in [0.1, 0.15) is 0 Å². The zero-order chi connectivity index (χ0) is 15.3. The summed E-state index contributed by atoms with van der Waals surface area (Å²) in [4.78, 5) is 8.57. The SMILES string of the molecule is CCCNCc1sc(N(C)C(C)C(C)(C)C)nc1CC. The molecule has 20 heavy (non-hydrogen) atoms. The Balaban J connectivity index is 2.85. The van der Waals surface area contributed by atoms with Crippen LogP contribution in [-0.4, -0.2) is 24.6 Å². The molecule has 1 heterocycles. The fourth-order valence-corrected chi connectivity index (χ4v) is 3.22. The number of rotatable bonds is 7. The van der Waals surface area contributed by atoms with Crippen LogP contribution in [0.1, 0.15) is 58.5 Å². The van der Waals surface area contributed by atoms with Gasteiger partial charge in [-0.1, -0.05) is 34.6 Å². The fraction of sp³-hybridized carbons (Fsp3) is 0.812. The maximum absolute atomic E-state index is 4.85. The van der Waals surface area contributed by atoms with E-state index in [0.29, 0.717) is 6.04 Å². The molecule has 1 rings (SSSR count). The summed E-state index contributed by atoms with van der Waals surface area (Å²) in [6, 6.07) is 0.467. The van der Waals surface area contributed by atoms with Crippen molar-refractivity contribution in [3.8, 4) is 0 Å². The van der Waals surface area contributed by atoms with Crippen LogP contribution >= 0.6 is 11.3 Å². The van der Waals surface area contributed by atoms with Gasteiger partial charge in [-0.05, 0) is 31.7 Å². The molecule has 0 aromatic carbocycles. The molecular weight excluding hydrogens is 266 g/mol. The molecule has 0 saturated carbocycles. The van der Waals surface area contributed by atoms with Crippen molar-refractivity contribution in [3.05, 3.63) is 10.6 Å². The van der Waals surface area contributed by atoms with Gasteiger partial charge in [0.05, 0.1) is 5.69 Å². The standard InChI is InChI=1S/C16H31N3S/c1-8-10-17-11-14-13(9-2)18-15(20-14)19(7)12(3)16(4,5)6/h12,17H,8-11H2,1-7H3. The van der Waals surface area contributed by atoms with E-state index in [1.807, 2.05) is 11.3 Å². The van der Waals surface area contributed by atoms with Crippen molar-refractivity contribution in [2.24, 2.45) is 5.41 Å². The lowest BCUT2D eigenvalue weighted by molar-refractivity contribution is 0.329. The van der Waals surface area contributed by atoms with Gasteiger partial charge >= 0.3 is 0 Å². The first-order valence-corrected chi connectivity index (χ1v) is 8.55. The van der Waals surface area contributed by atoms with E-state index in [2.05, 4.69) is 58.8 Å². The third-order valence-corrected chi connectivity index (χ3v) is 5.14. The molecule has 0 saturated heterocycles. The van der Waals surface area contributed by atoms with E-state index in [4.69, 9.17) is 4.98 Å². The van der Waals surface area contributed by atoms with Crippen molar-refractivity contribution >= 4 is 16.5 Å². The van der Waals surface area contributed by atoms with Gasteiger partial charge in [0.25, 0.3) is 0 Å². The Bertz CT molecular complexity index is 406. The quantitative estimate of drug-likeness (QED) is 0.769. The monoisotopic (exact) mass is 297 g/mol. The number of aryl methyl sites for hydroxylation is 1. The van der Waals surface area contributed by atoms with Crippen molar-refractivity contribution in [1.82, 2.24) is 10.3 Å². The van der Waals surface area contributed by atoms with E-state index in [1.165, 1.54) is 17.0 Å². The smallest absolute Gasteiger partial charge is 0.185 e. The number of nitrogens with zero attached hydrogens (tertiary/aromatic N) is 2. The average Bonchev–Trinajstić information content (AvgIpc) is 2.79. The number of thiazole rings is 1. The number of aromatic nitrogens is 1. The Morgan fingerprint density at radius 1 is 1.30 bits per heavy atom. The fourth-order valence-electron chi connectivity index (χ4n) is 2.06. The van der Waals surface area contributed by atoms with Crippen LogP contribution in [0.2, 0.25) is 0 Å². The highest BCUT2D eigenvalue weighted by Gasteiger charge is 2.26. The molecule has 1 aromatic rings. The summed E-state index contributed by atoms with van der Waals surface area (Å²) in [5, 5.41) is 4.64. The minimum Gasteiger partial charge on any atom is -0.348 e. The van der Waals surface area contributed by atoms with E-state index in [9.17, 15) is 0 Å². The molecule has 0 fully saturated rings. The highest BCUT2D eigenvalue weighted by molar-refractivity contribution is 7.15. The molecule has 0 spiro atoms. The van der Waals surface area contributed by atoms with Crippen molar-refractivity contribution in [1.29, 1.82) is 0 Å². The minimum absolute atomic E-state index is 0.257. The molecule has 0 aliphatic rings. The van der Waals surface area contributed by atoms with E-state index < -0.39 is 0 Å². The minimum atomic E-state index is 0.257. The molecule has 3 nitrogen and oxygen atoms in total. The normalized spacial score (nSPS) is 13.6.